The van der Waals surface area contributed by atoms with Crippen LogP contribution >= 0.6 is 0 Å². The van der Waals surface area contributed by atoms with E-state index in [0.717, 1.165) is 36.7 Å². The minimum Gasteiger partial charge on any atom is -0.376 e. The molecular formula is C12H17N5O. The van der Waals surface area contributed by atoms with Crippen molar-refractivity contribution >= 4 is 11.5 Å². The quantitative estimate of drug-likeness (QED) is 0.888. The molecule has 3 rings (SSSR count). The maximum atomic E-state index is 5.67. The number of nitrogens with zero attached hydrogens (tertiary/aromatic N) is 4. The lowest BCUT2D eigenvalue weighted by molar-refractivity contribution is 0.0996. The van der Waals surface area contributed by atoms with Gasteiger partial charge >= 0.3 is 0 Å². The van der Waals surface area contributed by atoms with Crippen molar-refractivity contribution in [3.05, 3.63) is 18.2 Å². The summed E-state index contributed by atoms with van der Waals surface area (Å²) >= 11 is 0. The van der Waals surface area contributed by atoms with Crippen LogP contribution in [0, 0.1) is 6.92 Å². The van der Waals surface area contributed by atoms with Gasteiger partial charge in [-0.2, -0.15) is 0 Å². The van der Waals surface area contributed by atoms with Gasteiger partial charge in [-0.1, -0.05) is 0 Å². The zero-order chi connectivity index (χ0) is 12.5. The molecule has 2 atom stereocenters. The normalized spacial score (nSPS) is 21.3. The van der Waals surface area contributed by atoms with Crippen LogP contribution < -0.4 is 5.32 Å². The maximum Gasteiger partial charge on any atom is 0.203 e. The topological polar surface area (TPSA) is 64.3 Å². The van der Waals surface area contributed by atoms with E-state index in [-0.39, 0.29) is 12.1 Å². The van der Waals surface area contributed by atoms with Gasteiger partial charge < -0.3 is 10.1 Å². The smallest absolute Gasteiger partial charge is 0.203 e. The molecule has 0 bridgehead atoms. The lowest BCUT2D eigenvalue weighted by Crippen LogP contribution is -2.30. The Bertz CT molecular complexity index is 546. The van der Waals surface area contributed by atoms with Crippen LogP contribution in [0.4, 0.5) is 5.82 Å². The molecule has 0 aromatic carbocycles. The largest absolute Gasteiger partial charge is 0.376 e. The van der Waals surface area contributed by atoms with Gasteiger partial charge in [0.25, 0.3) is 0 Å². The number of hydrogen-bond acceptors (Lipinski definition) is 5. The van der Waals surface area contributed by atoms with Crippen molar-refractivity contribution in [3.8, 4) is 0 Å². The fourth-order valence-corrected chi connectivity index (χ4v) is 2.35. The Morgan fingerprint density at radius 3 is 3.17 bits per heavy atom. The van der Waals surface area contributed by atoms with Gasteiger partial charge in [-0.25, -0.2) is 4.98 Å². The Kier molecular flexibility index (Phi) is 2.87. The summed E-state index contributed by atoms with van der Waals surface area (Å²) in [5, 5.41) is 11.6. The maximum absolute atomic E-state index is 5.67. The van der Waals surface area contributed by atoms with Crippen LogP contribution in [0.5, 0.6) is 0 Å². The molecule has 2 aromatic rings. The molecule has 18 heavy (non-hydrogen) atoms. The third-order valence-corrected chi connectivity index (χ3v) is 3.38. The van der Waals surface area contributed by atoms with Gasteiger partial charge in [0.05, 0.1) is 12.1 Å². The van der Waals surface area contributed by atoms with Crippen LogP contribution in [0.15, 0.2) is 12.4 Å². The molecule has 0 saturated carbocycles. The van der Waals surface area contributed by atoms with E-state index in [1.807, 2.05) is 17.5 Å². The van der Waals surface area contributed by atoms with Crippen LogP contribution in [-0.2, 0) is 4.74 Å². The Morgan fingerprint density at radius 2 is 2.39 bits per heavy atom. The fraction of sp³-hybridized carbons (Fsp3) is 0.583. The second-order valence-electron chi connectivity index (χ2n) is 4.70. The lowest BCUT2D eigenvalue weighted by atomic mass is 10.1. The number of aryl methyl sites for hydroxylation is 1. The first kappa shape index (κ1) is 11.4. The molecule has 6 heteroatoms. The van der Waals surface area contributed by atoms with Crippen molar-refractivity contribution in [2.75, 3.05) is 11.9 Å². The molecule has 2 aromatic heterocycles. The third-order valence-electron chi connectivity index (χ3n) is 3.38. The summed E-state index contributed by atoms with van der Waals surface area (Å²) in [7, 11) is 0. The van der Waals surface area contributed by atoms with E-state index >= 15 is 0 Å². The molecule has 1 aliphatic rings. The molecule has 1 N–H and O–H groups in total. The van der Waals surface area contributed by atoms with Gasteiger partial charge in [0.2, 0.25) is 5.65 Å². The molecule has 0 radical (unpaired) electrons. The number of hydrogen-bond donors (Lipinski definition) is 1. The molecule has 96 valence electrons. The molecule has 1 aliphatic heterocycles. The molecule has 3 heterocycles. The molecule has 0 aliphatic carbocycles. The van der Waals surface area contributed by atoms with E-state index in [1.54, 1.807) is 6.20 Å². The first-order valence-corrected chi connectivity index (χ1v) is 6.30. The van der Waals surface area contributed by atoms with Gasteiger partial charge in [-0.05, 0) is 26.7 Å². The Labute approximate surface area is 105 Å². The van der Waals surface area contributed by atoms with Crippen LogP contribution in [0.3, 0.4) is 0 Å². The SMILES string of the molecule is Cc1nnc2c(NC(C)C3CCCO3)nccn12. The summed E-state index contributed by atoms with van der Waals surface area (Å²) in [5.41, 5.74) is 0.764. The first-order valence-electron chi connectivity index (χ1n) is 6.30. The molecular weight excluding hydrogens is 230 g/mol. The van der Waals surface area contributed by atoms with E-state index in [2.05, 4.69) is 27.4 Å². The van der Waals surface area contributed by atoms with Crippen molar-refractivity contribution in [2.24, 2.45) is 0 Å². The number of nitrogens with one attached hydrogen (secondary N) is 1. The second-order valence-corrected chi connectivity index (χ2v) is 4.70. The van der Waals surface area contributed by atoms with Gasteiger partial charge in [-0.15, -0.1) is 10.2 Å². The summed E-state index contributed by atoms with van der Waals surface area (Å²) in [6.07, 6.45) is 6.12. The Hall–Kier alpha value is -1.69. The highest BCUT2D eigenvalue weighted by molar-refractivity contribution is 5.62. The minimum absolute atomic E-state index is 0.225. The van der Waals surface area contributed by atoms with Gasteiger partial charge in [0.15, 0.2) is 5.82 Å². The number of anilines is 1. The Balaban J connectivity index is 1.85. The molecule has 0 amide bonds. The van der Waals surface area contributed by atoms with Crippen molar-refractivity contribution < 1.29 is 4.74 Å². The van der Waals surface area contributed by atoms with Gasteiger partial charge in [0, 0.05) is 19.0 Å². The number of rotatable bonds is 3. The highest BCUT2D eigenvalue weighted by Crippen LogP contribution is 2.20. The highest BCUT2D eigenvalue weighted by Gasteiger charge is 2.23. The van der Waals surface area contributed by atoms with E-state index in [1.165, 1.54) is 0 Å². The average molecular weight is 247 g/mol. The predicted octanol–water partition coefficient (Wildman–Crippen LogP) is 1.41. The summed E-state index contributed by atoms with van der Waals surface area (Å²) in [4.78, 5) is 4.34. The predicted molar refractivity (Wildman–Crippen MR) is 67.6 cm³/mol. The molecule has 0 spiro atoms. The molecule has 1 fully saturated rings. The van der Waals surface area contributed by atoms with E-state index in [4.69, 9.17) is 4.74 Å². The van der Waals surface area contributed by atoms with E-state index in [0.29, 0.717) is 0 Å². The summed E-state index contributed by atoms with van der Waals surface area (Å²) in [6.45, 7) is 4.90. The summed E-state index contributed by atoms with van der Waals surface area (Å²) < 4.78 is 7.60. The standard InChI is InChI=1S/C12H17N5O/c1-8(10-4-3-7-18-10)14-11-12-16-15-9(2)17(12)6-5-13-11/h5-6,8,10H,3-4,7H2,1-2H3,(H,13,14). The zero-order valence-electron chi connectivity index (χ0n) is 10.6. The van der Waals surface area contributed by atoms with Gasteiger partial charge in [0.1, 0.15) is 5.82 Å². The van der Waals surface area contributed by atoms with Crippen molar-refractivity contribution in [1.82, 2.24) is 19.6 Å². The molecule has 6 nitrogen and oxygen atoms in total. The van der Waals surface area contributed by atoms with Crippen LogP contribution in [0.2, 0.25) is 0 Å². The summed E-state index contributed by atoms with van der Waals surface area (Å²) in [5.74, 6) is 1.63. The van der Waals surface area contributed by atoms with Crippen molar-refractivity contribution in [3.63, 3.8) is 0 Å². The second kappa shape index (κ2) is 4.53. The third kappa shape index (κ3) is 1.92. The zero-order valence-corrected chi connectivity index (χ0v) is 10.6. The van der Waals surface area contributed by atoms with E-state index < -0.39 is 0 Å². The Morgan fingerprint density at radius 1 is 1.50 bits per heavy atom. The molecule has 2 unspecified atom stereocenters. The highest BCUT2D eigenvalue weighted by atomic mass is 16.5. The van der Waals surface area contributed by atoms with Crippen molar-refractivity contribution in [2.45, 2.75) is 38.8 Å². The fourth-order valence-electron chi connectivity index (χ4n) is 2.35. The first-order chi connectivity index (χ1) is 8.75. The minimum atomic E-state index is 0.225. The van der Waals surface area contributed by atoms with Gasteiger partial charge in [-0.3, -0.25) is 4.40 Å². The van der Waals surface area contributed by atoms with Crippen LogP contribution in [0.1, 0.15) is 25.6 Å². The molecule has 1 saturated heterocycles. The van der Waals surface area contributed by atoms with Crippen LogP contribution in [0.25, 0.3) is 5.65 Å². The number of ether oxygens (including phenoxy) is 1. The van der Waals surface area contributed by atoms with Crippen molar-refractivity contribution in [1.29, 1.82) is 0 Å². The monoisotopic (exact) mass is 247 g/mol. The number of fused-ring (bicyclic) bond motifs is 1. The van der Waals surface area contributed by atoms with E-state index in [9.17, 15) is 0 Å². The lowest BCUT2D eigenvalue weighted by Gasteiger charge is -2.20. The number of aromatic nitrogens is 4. The van der Waals surface area contributed by atoms with Crippen LogP contribution in [-0.4, -0.2) is 38.3 Å². The average Bonchev–Trinajstić information content (AvgIpc) is 3.00. The summed E-state index contributed by atoms with van der Waals surface area (Å²) in [6, 6.07) is 0.225.